The molecule has 0 aliphatic carbocycles. The monoisotopic (exact) mass is 200 g/mol. The molecular weight excluding hydrogens is 198 g/mol. The molecule has 0 aromatic carbocycles. The number of nitro groups is 1. The van der Waals surface area contributed by atoms with Crippen molar-refractivity contribution in [1.82, 2.24) is 15.2 Å². The number of H-pyrrole nitrogens is 1. The standard InChI is InChI=1S/C4H3N5O5/c10-3(11)1(8-12)2-5-4(7-6-2)9(13)14/h12H,(H,10,11)(H,5,6,7)/p-1/b8-1-. The molecular formula is C4H2N5O5-. The minimum absolute atomic E-state index is 0.626. The van der Waals surface area contributed by atoms with Crippen LogP contribution in [0.15, 0.2) is 5.16 Å². The van der Waals surface area contributed by atoms with E-state index in [0.717, 1.165) is 0 Å². The highest BCUT2D eigenvalue weighted by Gasteiger charge is 2.22. The van der Waals surface area contributed by atoms with Crippen LogP contribution >= 0.6 is 0 Å². The van der Waals surface area contributed by atoms with Crippen LogP contribution < -0.4 is 0 Å². The number of nitrogens with zero attached hydrogens (tertiary/aromatic N) is 4. The summed E-state index contributed by atoms with van der Waals surface area (Å²) in [6.07, 6.45) is 0. The number of rotatable bonds is 3. The SMILES string of the molecule is O=C(O)/C(=N\[O-])c1n[nH]c([N+](=O)[O-])n1. The highest BCUT2D eigenvalue weighted by atomic mass is 16.6. The van der Waals surface area contributed by atoms with Crippen LogP contribution in [0.3, 0.4) is 0 Å². The number of carbonyl (C=O) groups is 1. The van der Waals surface area contributed by atoms with Gasteiger partial charge in [-0.2, -0.15) is 0 Å². The van der Waals surface area contributed by atoms with E-state index in [1.54, 1.807) is 0 Å². The lowest BCUT2D eigenvalue weighted by Gasteiger charge is -1.94. The first kappa shape index (κ1) is 9.57. The van der Waals surface area contributed by atoms with Crippen molar-refractivity contribution in [2.75, 3.05) is 0 Å². The molecule has 0 aliphatic rings. The molecule has 1 heterocycles. The zero-order valence-corrected chi connectivity index (χ0v) is 6.37. The van der Waals surface area contributed by atoms with E-state index >= 15 is 0 Å². The molecule has 1 aromatic rings. The summed E-state index contributed by atoms with van der Waals surface area (Å²) < 4.78 is 0. The molecule has 0 amide bonds. The molecule has 0 spiro atoms. The number of hydrogen-bond acceptors (Lipinski definition) is 7. The molecule has 0 unspecified atom stereocenters. The van der Waals surface area contributed by atoms with Gasteiger partial charge in [-0.3, -0.25) is 0 Å². The maximum absolute atomic E-state index is 10.3. The number of hydrogen-bond donors (Lipinski definition) is 2. The molecule has 1 rings (SSSR count). The molecule has 0 saturated carbocycles. The highest BCUT2D eigenvalue weighted by Crippen LogP contribution is 2.02. The van der Waals surface area contributed by atoms with Gasteiger partial charge in [-0.15, -0.1) is 5.10 Å². The van der Waals surface area contributed by atoms with Crippen molar-refractivity contribution < 1.29 is 14.8 Å². The Balaban J connectivity index is 3.08. The van der Waals surface area contributed by atoms with Gasteiger partial charge in [0, 0.05) is 0 Å². The van der Waals surface area contributed by atoms with Crippen LogP contribution in [0.2, 0.25) is 0 Å². The van der Waals surface area contributed by atoms with Crippen LogP contribution in [0.4, 0.5) is 5.95 Å². The maximum Gasteiger partial charge on any atom is 0.453 e. The fourth-order valence-corrected chi connectivity index (χ4v) is 0.616. The third kappa shape index (κ3) is 1.63. The van der Waals surface area contributed by atoms with Crippen molar-refractivity contribution in [3.63, 3.8) is 0 Å². The van der Waals surface area contributed by atoms with Gasteiger partial charge >= 0.3 is 11.9 Å². The fourth-order valence-electron chi connectivity index (χ4n) is 0.616. The lowest BCUT2D eigenvalue weighted by Crippen LogP contribution is -2.15. The first-order valence-electron chi connectivity index (χ1n) is 3.07. The van der Waals surface area contributed by atoms with E-state index in [2.05, 4.69) is 15.2 Å². The second kappa shape index (κ2) is 3.47. The Morgan fingerprint density at radius 3 is 2.64 bits per heavy atom. The predicted molar refractivity (Wildman–Crippen MR) is 40.6 cm³/mol. The van der Waals surface area contributed by atoms with Gasteiger partial charge in [0.15, 0.2) is 0 Å². The largest absolute Gasteiger partial charge is 0.791 e. The van der Waals surface area contributed by atoms with Gasteiger partial charge in [-0.25, -0.2) is 4.79 Å². The first-order valence-corrected chi connectivity index (χ1v) is 3.07. The number of nitrogens with one attached hydrogen (secondary N) is 1. The van der Waals surface area contributed by atoms with Crippen LogP contribution in [0.5, 0.6) is 0 Å². The summed E-state index contributed by atoms with van der Waals surface area (Å²) in [5, 5.41) is 35.6. The van der Waals surface area contributed by atoms with E-state index in [-0.39, 0.29) is 0 Å². The van der Waals surface area contributed by atoms with Crippen LogP contribution in [0.1, 0.15) is 5.82 Å². The molecule has 10 nitrogen and oxygen atoms in total. The maximum atomic E-state index is 10.3. The van der Waals surface area contributed by atoms with Gasteiger partial charge in [-0.05, 0) is 9.91 Å². The molecule has 0 bridgehead atoms. The summed E-state index contributed by atoms with van der Waals surface area (Å²) in [4.78, 5) is 22.6. The second-order valence-corrected chi connectivity index (χ2v) is 1.98. The minimum Gasteiger partial charge on any atom is -0.791 e. The minimum atomic E-state index is -1.66. The normalized spacial score (nSPS) is 11.3. The van der Waals surface area contributed by atoms with Gasteiger partial charge in [0.2, 0.25) is 5.71 Å². The number of aromatic amines is 1. The third-order valence-corrected chi connectivity index (χ3v) is 1.15. The summed E-state index contributed by atoms with van der Waals surface area (Å²) in [6, 6.07) is 0. The average Bonchev–Trinajstić information content (AvgIpc) is 2.53. The van der Waals surface area contributed by atoms with Crippen LogP contribution in [-0.2, 0) is 4.79 Å². The molecule has 0 atom stereocenters. The second-order valence-electron chi connectivity index (χ2n) is 1.98. The smallest absolute Gasteiger partial charge is 0.453 e. The van der Waals surface area contributed by atoms with Gasteiger partial charge in [-0.1, -0.05) is 5.10 Å². The van der Waals surface area contributed by atoms with E-state index in [1.165, 1.54) is 0 Å². The van der Waals surface area contributed by atoms with Crippen LogP contribution in [0, 0.1) is 15.3 Å². The van der Waals surface area contributed by atoms with Crippen molar-refractivity contribution in [2.45, 2.75) is 0 Å². The number of carboxylic acid groups (broad SMARTS) is 1. The van der Waals surface area contributed by atoms with E-state index in [4.69, 9.17) is 5.11 Å². The first-order chi connectivity index (χ1) is 6.56. The quantitative estimate of drug-likeness (QED) is 0.362. The molecule has 0 fully saturated rings. The molecule has 14 heavy (non-hydrogen) atoms. The number of carboxylic acids is 1. The van der Waals surface area contributed by atoms with Crippen molar-refractivity contribution in [2.24, 2.45) is 5.16 Å². The molecule has 74 valence electrons. The summed E-state index contributed by atoms with van der Waals surface area (Å²) >= 11 is 0. The Labute approximate surface area is 75.0 Å². The summed E-state index contributed by atoms with van der Waals surface area (Å²) in [7, 11) is 0. The molecule has 0 radical (unpaired) electrons. The van der Waals surface area contributed by atoms with Crippen molar-refractivity contribution in [1.29, 1.82) is 0 Å². The molecule has 1 aromatic heterocycles. The van der Waals surface area contributed by atoms with Crippen molar-refractivity contribution >= 4 is 17.6 Å². The molecule has 0 saturated heterocycles. The Kier molecular flexibility index (Phi) is 2.37. The summed E-state index contributed by atoms with van der Waals surface area (Å²) in [5.74, 6) is -3.05. The Hall–Kier alpha value is -2.52. The zero-order valence-electron chi connectivity index (χ0n) is 6.37. The highest BCUT2D eigenvalue weighted by molar-refractivity contribution is 6.41. The Morgan fingerprint density at radius 2 is 2.29 bits per heavy atom. The van der Waals surface area contributed by atoms with Crippen LogP contribution in [0.25, 0.3) is 0 Å². The van der Waals surface area contributed by atoms with E-state index < -0.39 is 28.4 Å². The lowest BCUT2D eigenvalue weighted by molar-refractivity contribution is -0.394. The molecule has 10 heteroatoms. The molecule has 0 aliphatic heterocycles. The average molecular weight is 200 g/mol. The van der Waals surface area contributed by atoms with Gasteiger partial charge in [0.1, 0.15) is 0 Å². The van der Waals surface area contributed by atoms with Crippen molar-refractivity contribution in [3.05, 3.63) is 21.1 Å². The zero-order chi connectivity index (χ0) is 10.7. The lowest BCUT2D eigenvalue weighted by atomic mass is 10.4. The Morgan fingerprint density at radius 1 is 1.64 bits per heavy atom. The van der Waals surface area contributed by atoms with E-state index in [1.807, 2.05) is 5.10 Å². The number of aliphatic carboxylic acids is 1. The van der Waals surface area contributed by atoms with E-state index in [0.29, 0.717) is 0 Å². The molecule has 2 N–H and O–H groups in total. The summed E-state index contributed by atoms with van der Waals surface area (Å²) in [6.45, 7) is 0. The van der Waals surface area contributed by atoms with Gasteiger partial charge < -0.3 is 25.6 Å². The summed E-state index contributed by atoms with van der Waals surface area (Å²) in [5.41, 5.74) is -0.991. The van der Waals surface area contributed by atoms with Crippen molar-refractivity contribution in [3.8, 4) is 0 Å². The van der Waals surface area contributed by atoms with Crippen LogP contribution in [-0.4, -0.2) is 36.9 Å². The van der Waals surface area contributed by atoms with Gasteiger partial charge in [0.25, 0.3) is 5.82 Å². The third-order valence-electron chi connectivity index (χ3n) is 1.15. The van der Waals surface area contributed by atoms with E-state index in [9.17, 15) is 20.1 Å². The Bertz CT molecular complexity index is 408. The number of aromatic nitrogens is 3. The fraction of sp³-hybridized carbons (Fsp3) is 0. The van der Waals surface area contributed by atoms with Gasteiger partial charge in [0.05, 0.1) is 0 Å². The predicted octanol–water partition coefficient (Wildman–Crippen LogP) is -0.916. The topological polar surface area (TPSA) is 157 Å².